The van der Waals surface area contributed by atoms with E-state index in [0.29, 0.717) is 18.4 Å². The van der Waals surface area contributed by atoms with Crippen molar-refractivity contribution in [1.82, 2.24) is 5.32 Å². The van der Waals surface area contributed by atoms with Crippen molar-refractivity contribution in [3.8, 4) is 11.5 Å². The molecule has 1 saturated heterocycles. The number of allylic oxidation sites excluding steroid dienone is 1. The van der Waals surface area contributed by atoms with Crippen LogP contribution in [0.1, 0.15) is 44.6 Å². The lowest BCUT2D eigenvalue weighted by Crippen LogP contribution is -2.45. The number of ether oxygens (including phenoxy) is 3. The van der Waals surface area contributed by atoms with E-state index in [4.69, 9.17) is 14.2 Å². The van der Waals surface area contributed by atoms with Gasteiger partial charge in [0.2, 0.25) is 0 Å². The molecule has 1 aliphatic heterocycles. The van der Waals surface area contributed by atoms with Crippen molar-refractivity contribution in [2.45, 2.75) is 51.6 Å². The summed E-state index contributed by atoms with van der Waals surface area (Å²) in [5.41, 5.74) is 2.83. The van der Waals surface area contributed by atoms with Crippen LogP contribution in [0.15, 0.2) is 30.4 Å². The number of methoxy groups -OCH3 is 2. The summed E-state index contributed by atoms with van der Waals surface area (Å²) >= 11 is 0. The fourth-order valence-corrected chi connectivity index (χ4v) is 6.02. The molecule has 5 heteroatoms. The van der Waals surface area contributed by atoms with Gasteiger partial charge < -0.3 is 19.5 Å². The Labute approximate surface area is 180 Å². The van der Waals surface area contributed by atoms with Crippen LogP contribution in [-0.2, 0) is 16.0 Å². The summed E-state index contributed by atoms with van der Waals surface area (Å²) < 4.78 is 16.5. The molecule has 0 aromatic heterocycles. The maximum absolute atomic E-state index is 12.6. The lowest BCUT2D eigenvalue weighted by Gasteiger charge is -2.50. The van der Waals surface area contributed by atoms with Gasteiger partial charge in [-0.2, -0.15) is 0 Å². The van der Waals surface area contributed by atoms with Crippen molar-refractivity contribution in [2.24, 2.45) is 23.2 Å². The highest BCUT2D eigenvalue weighted by Gasteiger charge is 2.54. The molecule has 1 aromatic rings. The lowest BCUT2D eigenvalue weighted by atomic mass is 9.55. The Balaban J connectivity index is 1.33. The van der Waals surface area contributed by atoms with Gasteiger partial charge >= 0.3 is 5.97 Å². The quantitative estimate of drug-likeness (QED) is 0.413. The molecular formula is C25H35NO4. The van der Waals surface area contributed by atoms with Crippen molar-refractivity contribution in [1.29, 1.82) is 0 Å². The van der Waals surface area contributed by atoms with Gasteiger partial charge in [-0.3, -0.25) is 4.79 Å². The number of esters is 1. The van der Waals surface area contributed by atoms with E-state index in [1.54, 1.807) is 14.2 Å². The number of carbonyl (C=O) groups excluding carboxylic acids is 1. The molecule has 0 radical (unpaired) electrons. The number of rotatable bonds is 7. The first-order chi connectivity index (χ1) is 14.4. The number of hydrogen-bond donors (Lipinski definition) is 1. The van der Waals surface area contributed by atoms with E-state index >= 15 is 0 Å². The largest absolute Gasteiger partial charge is 0.493 e. The van der Waals surface area contributed by atoms with E-state index in [1.807, 2.05) is 12.1 Å². The molecule has 5 nitrogen and oxygen atoms in total. The van der Waals surface area contributed by atoms with Gasteiger partial charge in [0.15, 0.2) is 11.5 Å². The molecule has 5 unspecified atom stereocenters. The van der Waals surface area contributed by atoms with Crippen LogP contribution in [-0.4, -0.2) is 39.4 Å². The zero-order chi connectivity index (χ0) is 21.3. The first kappa shape index (κ1) is 21.2. The summed E-state index contributed by atoms with van der Waals surface area (Å²) in [6, 6.07) is 6.00. The Bertz CT molecular complexity index is 806. The van der Waals surface area contributed by atoms with Gasteiger partial charge in [0.05, 0.1) is 20.1 Å². The van der Waals surface area contributed by atoms with Gasteiger partial charge in [0.1, 0.15) is 6.10 Å². The van der Waals surface area contributed by atoms with Crippen LogP contribution in [0.3, 0.4) is 0 Å². The molecule has 0 amide bonds. The third kappa shape index (κ3) is 3.96. The third-order valence-corrected chi connectivity index (χ3v) is 7.72. The van der Waals surface area contributed by atoms with E-state index < -0.39 is 0 Å². The van der Waals surface area contributed by atoms with Gasteiger partial charge in [0.25, 0.3) is 0 Å². The molecule has 2 aliphatic carbocycles. The van der Waals surface area contributed by atoms with Crippen molar-refractivity contribution >= 4 is 5.97 Å². The average Bonchev–Trinajstić information content (AvgIpc) is 3.03. The second kappa shape index (κ2) is 8.62. The summed E-state index contributed by atoms with van der Waals surface area (Å²) in [4.78, 5) is 12.6. The Morgan fingerprint density at radius 3 is 2.83 bits per heavy atom. The van der Waals surface area contributed by atoms with Gasteiger partial charge in [0, 0.05) is 12.5 Å². The number of fused-ring (bicyclic) bond motifs is 2. The highest BCUT2D eigenvalue weighted by atomic mass is 16.6. The fourth-order valence-electron chi connectivity index (χ4n) is 6.02. The second-order valence-corrected chi connectivity index (χ2v) is 9.55. The third-order valence-electron chi connectivity index (χ3n) is 7.72. The molecule has 0 bridgehead atoms. The fraction of sp³-hybridized carbons (Fsp3) is 0.640. The predicted octanol–water partition coefficient (Wildman–Crippen LogP) is 4.15. The van der Waals surface area contributed by atoms with E-state index in [9.17, 15) is 4.79 Å². The van der Waals surface area contributed by atoms with Crippen LogP contribution >= 0.6 is 0 Å². The molecule has 2 saturated carbocycles. The molecule has 1 aromatic carbocycles. The van der Waals surface area contributed by atoms with E-state index in [1.165, 1.54) is 24.0 Å². The summed E-state index contributed by atoms with van der Waals surface area (Å²) in [7, 11) is 3.29. The van der Waals surface area contributed by atoms with Crippen LogP contribution in [0.2, 0.25) is 0 Å². The number of benzene rings is 1. The molecule has 3 fully saturated rings. The van der Waals surface area contributed by atoms with Crippen molar-refractivity contribution < 1.29 is 19.0 Å². The lowest BCUT2D eigenvalue weighted by molar-refractivity contribution is -0.146. The van der Waals surface area contributed by atoms with Crippen LogP contribution in [0.4, 0.5) is 0 Å². The zero-order valence-electron chi connectivity index (χ0n) is 18.5. The van der Waals surface area contributed by atoms with Crippen molar-refractivity contribution in [2.75, 3.05) is 27.3 Å². The normalized spacial score (nSPS) is 32.9. The minimum atomic E-state index is -0.0420. The molecule has 3 aliphatic rings. The molecule has 30 heavy (non-hydrogen) atoms. The Morgan fingerprint density at radius 2 is 2.07 bits per heavy atom. The van der Waals surface area contributed by atoms with Crippen molar-refractivity contribution in [3.63, 3.8) is 0 Å². The first-order valence-electron chi connectivity index (χ1n) is 11.2. The standard InChI is InChI=1S/C25H35NO4/c1-16-6-5-10-25(2)14-23-18(13-20(16)25)19(24(27)30-23)15-26-11-9-17-7-8-21(28-3)22(12-17)29-4/h7-8,12,18-20,23,26H,1,5-6,9-11,13-15H2,2-4H3. The van der Waals surface area contributed by atoms with Crippen LogP contribution in [0.25, 0.3) is 0 Å². The maximum Gasteiger partial charge on any atom is 0.310 e. The topological polar surface area (TPSA) is 56.8 Å². The minimum Gasteiger partial charge on any atom is -0.493 e. The van der Waals surface area contributed by atoms with Gasteiger partial charge in [-0.05, 0) is 74.1 Å². The smallest absolute Gasteiger partial charge is 0.310 e. The minimum absolute atomic E-state index is 0.0172. The summed E-state index contributed by atoms with van der Waals surface area (Å²) in [5.74, 6) is 2.28. The Hall–Kier alpha value is -2.01. The van der Waals surface area contributed by atoms with Crippen LogP contribution < -0.4 is 14.8 Å². The molecular weight excluding hydrogens is 378 g/mol. The summed E-state index contributed by atoms with van der Waals surface area (Å²) in [6.07, 6.45) is 6.59. The highest BCUT2D eigenvalue weighted by molar-refractivity contribution is 5.75. The Kier molecular flexibility index (Phi) is 6.10. The SMILES string of the molecule is C=C1CCCC2(C)CC3OC(=O)C(CNCCc4ccc(OC)c(OC)c4)C3CC12. The van der Waals surface area contributed by atoms with Gasteiger partial charge in [-0.1, -0.05) is 25.1 Å². The van der Waals surface area contributed by atoms with Crippen LogP contribution in [0.5, 0.6) is 11.5 Å². The molecule has 1 N–H and O–H groups in total. The average molecular weight is 414 g/mol. The first-order valence-corrected chi connectivity index (χ1v) is 11.2. The highest BCUT2D eigenvalue weighted by Crippen LogP contribution is 2.56. The molecule has 1 heterocycles. The van der Waals surface area contributed by atoms with E-state index in [-0.39, 0.29) is 23.4 Å². The molecule has 164 valence electrons. The Morgan fingerprint density at radius 1 is 1.27 bits per heavy atom. The molecule has 0 spiro atoms. The van der Waals surface area contributed by atoms with Gasteiger partial charge in [-0.15, -0.1) is 0 Å². The van der Waals surface area contributed by atoms with Gasteiger partial charge in [-0.25, -0.2) is 0 Å². The number of hydrogen-bond acceptors (Lipinski definition) is 5. The summed E-state index contributed by atoms with van der Waals surface area (Å²) in [5, 5.41) is 3.50. The zero-order valence-corrected chi connectivity index (χ0v) is 18.5. The summed E-state index contributed by atoms with van der Waals surface area (Å²) in [6.45, 7) is 8.25. The monoisotopic (exact) mass is 413 g/mol. The number of nitrogens with one attached hydrogen (secondary N) is 1. The van der Waals surface area contributed by atoms with E-state index in [2.05, 4.69) is 24.9 Å². The molecule has 4 rings (SSSR count). The maximum atomic E-state index is 12.6. The van der Waals surface area contributed by atoms with Crippen molar-refractivity contribution in [3.05, 3.63) is 35.9 Å². The van der Waals surface area contributed by atoms with E-state index in [0.717, 1.165) is 43.7 Å². The second-order valence-electron chi connectivity index (χ2n) is 9.55. The predicted molar refractivity (Wildman–Crippen MR) is 117 cm³/mol. The van der Waals surface area contributed by atoms with Crippen LogP contribution in [0, 0.1) is 23.2 Å². The molecule has 5 atom stereocenters. The number of carbonyl (C=O) groups is 1.